The fourth-order valence-corrected chi connectivity index (χ4v) is 13.3. The Morgan fingerprint density at radius 1 is 0.611 bits per heavy atom. The Morgan fingerprint density at radius 2 is 1.04 bits per heavy atom. The van der Waals surface area contributed by atoms with Gasteiger partial charge in [0.05, 0.1) is 53.4 Å². The van der Waals surface area contributed by atoms with Gasteiger partial charge in [0, 0.05) is 70.5 Å². The first kappa shape index (κ1) is 62.1. The van der Waals surface area contributed by atoms with Gasteiger partial charge in [0.25, 0.3) is 0 Å². The lowest BCUT2D eigenvalue weighted by Gasteiger charge is -2.35. The van der Waals surface area contributed by atoms with E-state index in [1.807, 2.05) is 44.2 Å². The van der Waals surface area contributed by atoms with E-state index in [2.05, 4.69) is 19.9 Å². The number of hydrogen-bond acceptors (Lipinski definition) is 15. The number of aromatic nitrogens is 4. The van der Waals surface area contributed by atoms with Gasteiger partial charge in [-0.2, -0.15) is 8.78 Å². The lowest BCUT2D eigenvalue weighted by molar-refractivity contribution is -0.143. The van der Waals surface area contributed by atoms with Gasteiger partial charge in [-0.05, 0) is 106 Å². The predicted octanol–water partition coefficient (Wildman–Crippen LogP) is 13.6. The highest BCUT2D eigenvalue weighted by atomic mass is 32.2. The molecule has 0 amide bonds. The van der Waals surface area contributed by atoms with Crippen LogP contribution in [-0.4, -0.2) is 86.1 Å². The van der Waals surface area contributed by atoms with Crippen LogP contribution in [0.15, 0.2) is 128 Å². The van der Waals surface area contributed by atoms with Crippen LogP contribution in [0.5, 0.6) is 34.5 Å². The molecule has 0 fully saturated rings. The highest BCUT2D eigenvalue weighted by molar-refractivity contribution is 7.91. The summed E-state index contributed by atoms with van der Waals surface area (Å²) in [6, 6.07) is 20.4. The van der Waals surface area contributed by atoms with E-state index in [4.69, 9.17) is 37.6 Å². The Hall–Kier alpha value is -9.56. The number of aromatic amines is 2. The number of halogens is 6. The number of aliphatic carboxylic acids is 1. The van der Waals surface area contributed by atoms with E-state index in [1.165, 1.54) is 43.1 Å². The van der Waals surface area contributed by atoms with Crippen molar-refractivity contribution in [2.45, 2.75) is 79.9 Å². The summed E-state index contributed by atoms with van der Waals surface area (Å²) in [4.78, 5) is 36.2. The molecule has 0 radical (unpaired) electrons. The van der Waals surface area contributed by atoms with Crippen LogP contribution in [0.2, 0.25) is 0 Å². The van der Waals surface area contributed by atoms with Crippen LogP contribution in [-0.2, 0) is 57.7 Å². The Labute approximate surface area is 509 Å². The Morgan fingerprint density at radius 3 is 1.46 bits per heavy atom. The molecule has 18 nitrogen and oxygen atoms in total. The quantitative estimate of drug-likeness (QED) is 0.0435. The van der Waals surface area contributed by atoms with Gasteiger partial charge in [-0.3, -0.25) is 9.59 Å². The molecule has 0 aliphatic carbocycles. The summed E-state index contributed by atoms with van der Waals surface area (Å²) in [7, 11) is -8.21. The highest BCUT2D eigenvalue weighted by Gasteiger charge is 2.41. The molecule has 0 saturated heterocycles. The van der Waals surface area contributed by atoms with Gasteiger partial charge >= 0.3 is 11.9 Å². The molecule has 6 heterocycles. The predicted molar refractivity (Wildman–Crippen MR) is 314 cm³/mol. The molecule has 12 rings (SSSR count). The third-order valence-electron chi connectivity index (χ3n) is 15.9. The molecular weight excluding hydrogens is 1230 g/mol. The maximum Gasteiger partial charge on any atom is 0.306 e. The number of fused-ring (bicyclic) bond motifs is 4. The van der Waals surface area contributed by atoms with Gasteiger partial charge < -0.3 is 47.6 Å². The molecule has 0 saturated carbocycles. The van der Waals surface area contributed by atoms with E-state index in [9.17, 15) is 35.2 Å². The molecule has 468 valence electrons. The minimum Gasteiger partial charge on any atom is -0.493 e. The summed E-state index contributed by atoms with van der Waals surface area (Å²) < 4.78 is 180. The summed E-state index contributed by atoms with van der Waals surface area (Å²) >= 11 is 0. The van der Waals surface area contributed by atoms with Crippen molar-refractivity contribution in [3.05, 3.63) is 178 Å². The monoisotopic (exact) mass is 1280 g/mol. The molecule has 10 aromatic rings. The second-order valence-corrected chi connectivity index (χ2v) is 25.8. The third kappa shape index (κ3) is 11.6. The number of benzene rings is 6. The molecule has 26 heteroatoms. The maximum atomic E-state index is 15.2. The van der Waals surface area contributed by atoms with Gasteiger partial charge in [-0.1, -0.05) is 36.4 Å². The summed E-state index contributed by atoms with van der Waals surface area (Å²) in [6.45, 7) is 6.61. The van der Waals surface area contributed by atoms with Gasteiger partial charge in [0.2, 0.25) is 23.4 Å². The van der Waals surface area contributed by atoms with Crippen LogP contribution >= 0.6 is 0 Å². The Balaban J connectivity index is 0.000000185. The molecule has 2 aliphatic rings. The number of sulfone groups is 2. The maximum absolute atomic E-state index is 15.2. The number of hydrogen-bond donors (Lipinski definition) is 3. The van der Waals surface area contributed by atoms with E-state index in [1.54, 1.807) is 13.0 Å². The third-order valence-corrected chi connectivity index (χ3v) is 18.2. The number of carboxylic acids is 1. The number of ether oxygens (including phenoxy) is 5. The molecule has 2 atom stereocenters. The van der Waals surface area contributed by atoms with Crippen molar-refractivity contribution >= 4 is 53.4 Å². The minimum atomic E-state index is -4.11. The normalized spacial score (nSPS) is 16.3. The average molecular weight is 1280 g/mol. The highest BCUT2D eigenvalue weighted by Crippen LogP contribution is 2.49. The lowest BCUT2D eigenvalue weighted by Crippen LogP contribution is -2.32. The minimum absolute atomic E-state index is 0.0659. The van der Waals surface area contributed by atoms with Crippen LogP contribution in [0.3, 0.4) is 0 Å². The second-order valence-electron chi connectivity index (χ2n) is 21.9. The SMILES string of the molecule is CCOC(=O)CCc1cccc2c1OCCC2(C)c1coc(-c2cc(Oc3c(F)c(F)c4[nH]ccc4c3S(C)(=O)=O)ccc2F)n1.C[C@]1(c2coc(-c3cc(Oc4c(F)c(F)c5[nH]ccc5c4S(C)(=O)=O)ccc3F)n2)CCOc2c(CCC(=O)O)cccc21. The number of nitrogens with zero attached hydrogens (tertiary/aromatic N) is 2. The molecule has 90 heavy (non-hydrogen) atoms. The largest absolute Gasteiger partial charge is 0.493 e. The zero-order chi connectivity index (χ0) is 64.2. The van der Waals surface area contributed by atoms with Crippen molar-refractivity contribution in [1.82, 2.24) is 19.9 Å². The Kier molecular flexibility index (Phi) is 16.6. The van der Waals surface area contributed by atoms with Crippen molar-refractivity contribution in [1.29, 1.82) is 0 Å². The summed E-state index contributed by atoms with van der Waals surface area (Å²) in [5.41, 5.74) is 1.74. The molecular formula is C64H54F6N4O14S2. The van der Waals surface area contributed by atoms with E-state index < -0.39 is 92.7 Å². The van der Waals surface area contributed by atoms with Gasteiger partial charge in [0.1, 0.15) is 56.9 Å². The first-order valence-corrected chi connectivity index (χ1v) is 31.7. The number of carboxylic acid groups (broad SMARTS) is 1. The molecule has 6 aromatic carbocycles. The van der Waals surface area contributed by atoms with Crippen LogP contribution in [0.25, 0.3) is 44.7 Å². The number of aryl methyl sites for hydroxylation is 2. The van der Waals surface area contributed by atoms with Crippen molar-refractivity contribution in [3.63, 3.8) is 0 Å². The van der Waals surface area contributed by atoms with E-state index in [0.717, 1.165) is 65.1 Å². The first-order valence-electron chi connectivity index (χ1n) is 27.9. The molecule has 0 spiro atoms. The fraction of sp³-hybridized carbons (Fsp3) is 0.250. The smallest absolute Gasteiger partial charge is 0.306 e. The molecule has 0 bridgehead atoms. The van der Waals surface area contributed by atoms with E-state index in [0.29, 0.717) is 62.0 Å². The Bertz CT molecular complexity index is 4740. The summed E-state index contributed by atoms with van der Waals surface area (Å²) in [5, 5.41) is 8.94. The van der Waals surface area contributed by atoms with Crippen molar-refractivity contribution < 1.29 is 90.4 Å². The van der Waals surface area contributed by atoms with Crippen LogP contribution in [0.4, 0.5) is 26.3 Å². The second kappa shape index (κ2) is 24.1. The summed E-state index contributed by atoms with van der Waals surface area (Å²) in [6.07, 6.45) is 8.90. The van der Waals surface area contributed by atoms with E-state index >= 15 is 17.6 Å². The van der Waals surface area contributed by atoms with Crippen molar-refractivity contribution in [3.8, 4) is 57.4 Å². The molecule has 1 unspecified atom stereocenters. The van der Waals surface area contributed by atoms with Crippen LogP contribution in [0, 0.1) is 34.9 Å². The zero-order valence-electron chi connectivity index (χ0n) is 48.5. The number of rotatable bonds is 17. The fourth-order valence-electron chi connectivity index (χ4n) is 11.3. The van der Waals surface area contributed by atoms with Crippen LogP contribution < -0.4 is 18.9 Å². The number of nitrogens with one attached hydrogen (secondary N) is 2. The number of esters is 1. The van der Waals surface area contributed by atoms with E-state index in [-0.39, 0.29) is 81.4 Å². The van der Waals surface area contributed by atoms with Crippen LogP contribution in [0.1, 0.15) is 80.1 Å². The first-order chi connectivity index (χ1) is 42.8. The topological polar surface area (TPSA) is 252 Å². The number of H-pyrrole nitrogens is 2. The summed E-state index contributed by atoms with van der Waals surface area (Å²) in [5.74, 6) is -9.55. The van der Waals surface area contributed by atoms with Gasteiger partial charge in [-0.15, -0.1) is 0 Å². The standard InChI is InChI=1S/C33H29F3N2O7S.C31H25F3N2O7S/c1-4-42-25(39)11-8-18-6-5-7-22-29(18)43-15-13-33(22,2)24-17-44-32(38-24)21-16-19(9-10-23(21)34)45-30-27(36)26(35)28-20(12-14-37-28)31(30)46(3,40)41;1-31(11-13-41-27-16(6-9-23(37)38)4-3-5-20(27)31)22-15-42-30(36-22)19-14-17(7-8-21(19)32)43-28-25(34)24(33)26-18(10-12-35-26)29(28)44(2,39)40/h5-7,9-10,12,14,16-17,37H,4,8,11,13,15H2,1-3H3;3-5,7-8,10,12,14-15,35H,6,9,11,13H2,1-2H3,(H,37,38)/t;31-/m.0/s1. The van der Waals surface area contributed by atoms with Gasteiger partial charge in [0.15, 0.2) is 42.8 Å². The number of carbonyl (C=O) groups is 2. The molecule has 3 N–H and O–H groups in total. The lowest BCUT2D eigenvalue weighted by atomic mass is 9.74. The molecule has 4 aromatic heterocycles. The van der Waals surface area contributed by atoms with Crippen molar-refractivity contribution in [2.75, 3.05) is 32.3 Å². The zero-order valence-corrected chi connectivity index (χ0v) is 50.1. The number of carbonyl (C=O) groups excluding carboxylic acids is 1. The van der Waals surface area contributed by atoms with Crippen molar-refractivity contribution in [2.24, 2.45) is 0 Å². The number of oxazole rings is 2. The average Bonchev–Trinajstić information content (AvgIpc) is 1.67. The number of para-hydroxylation sites is 2. The van der Waals surface area contributed by atoms with Gasteiger partial charge in [-0.25, -0.2) is 44.4 Å². The molecule has 2 aliphatic heterocycles.